The van der Waals surface area contributed by atoms with Crippen molar-refractivity contribution in [3.8, 4) is 0 Å². The molecule has 0 aliphatic carbocycles. The predicted octanol–water partition coefficient (Wildman–Crippen LogP) is 3.72. The Morgan fingerprint density at radius 3 is 2.78 bits per heavy atom. The second-order valence-electron chi connectivity index (χ2n) is 5.84. The summed E-state index contributed by atoms with van der Waals surface area (Å²) >= 11 is 3.96. The predicted molar refractivity (Wildman–Crippen MR) is 103 cm³/mol. The fourth-order valence-electron chi connectivity index (χ4n) is 2.78. The van der Waals surface area contributed by atoms with E-state index in [1.807, 2.05) is 36.9 Å². The van der Waals surface area contributed by atoms with Gasteiger partial charge in [-0.05, 0) is 54.5 Å². The van der Waals surface area contributed by atoms with E-state index in [1.54, 1.807) is 11.3 Å². The minimum absolute atomic E-state index is 0.148. The summed E-state index contributed by atoms with van der Waals surface area (Å²) in [6.07, 6.45) is 0.979. The maximum absolute atomic E-state index is 12.9. The summed E-state index contributed by atoms with van der Waals surface area (Å²) in [5.41, 5.74) is 3.05. The summed E-state index contributed by atoms with van der Waals surface area (Å²) in [6, 6.07) is 5.95. The summed E-state index contributed by atoms with van der Waals surface area (Å²) in [5.74, 6) is 0.148. The molecule has 1 aromatic heterocycles. The first-order valence-electron chi connectivity index (χ1n) is 7.77. The Balaban J connectivity index is 1.72. The molecule has 1 fully saturated rings. The number of hydrogen-bond acceptors (Lipinski definition) is 4. The Morgan fingerprint density at radius 2 is 2.04 bits per heavy atom. The number of aromatic nitrogens is 1. The first kappa shape index (κ1) is 16.7. The Bertz CT molecular complexity index is 716. The lowest BCUT2D eigenvalue weighted by Crippen LogP contribution is -2.35. The van der Waals surface area contributed by atoms with Crippen LogP contribution < -0.4 is 4.90 Å². The van der Waals surface area contributed by atoms with Crippen molar-refractivity contribution in [1.82, 2.24) is 9.88 Å². The van der Waals surface area contributed by atoms with Crippen LogP contribution in [0.3, 0.4) is 0 Å². The highest BCUT2D eigenvalue weighted by Crippen LogP contribution is 2.23. The van der Waals surface area contributed by atoms with E-state index in [-0.39, 0.29) is 5.91 Å². The average Bonchev–Trinajstić information content (AvgIpc) is 2.83. The molecule has 1 aliphatic rings. The van der Waals surface area contributed by atoms with Crippen molar-refractivity contribution in [2.45, 2.75) is 20.3 Å². The fourth-order valence-corrected chi connectivity index (χ4v) is 4.23. The number of hydrogen-bond donors (Lipinski definition) is 0. The Kier molecular flexibility index (Phi) is 5.21. The first-order valence-corrected chi connectivity index (χ1v) is 9.73. The van der Waals surface area contributed by atoms with Gasteiger partial charge in [0.2, 0.25) is 0 Å². The Hall–Kier alpha value is -1.15. The van der Waals surface area contributed by atoms with Gasteiger partial charge in [0.1, 0.15) is 0 Å². The zero-order valence-electron chi connectivity index (χ0n) is 13.4. The monoisotopic (exact) mass is 441 g/mol. The second-order valence-corrected chi connectivity index (χ2v) is 7.76. The lowest BCUT2D eigenvalue weighted by molar-refractivity contribution is 0.0766. The maximum Gasteiger partial charge on any atom is 0.254 e. The smallest absolute Gasteiger partial charge is 0.254 e. The molecule has 23 heavy (non-hydrogen) atoms. The molecular weight excluding hydrogens is 421 g/mol. The van der Waals surface area contributed by atoms with Gasteiger partial charge in [-0.15, -0.1) is 11.3 Å². The van der Waals surface area contributed by atoms with E-state index in [1.165, 1.54) is 0 Å². The van der Waals surface area contributed by atoms with Crippen molar-refractivity contribution in [2.75, 3.05) is 31.1 Å². The molecule has 6 heteroatoms. The fraction of sp³-hybridized carbons (Fsp3) is 0.412. The molecule has 1 aromatic carbocycles. The van der Waals surface area contributed by atoms with E-state index >= 15 is 0 Å². The minimum atomic E-state index is 0.148. The quantitative estimate of drug-likeness (QED) is 0.667. The van der Waals surface area contributed by atoms with Crippen molar-refractivity contribution in [3.63, 3.8) is 0 Å². The lowest BCUT2D eigenvalue weighted by atomic mass is 10.1. The van der Waals surface area contributed by atoms with E-state index in [0.717, 1.165) is 58.1 Å². The molecule has 0 saturated carbocycles. The summed E-state index contributed by atoms with van der Waals surface area (Å²) in [6.45, 7) is 7.44. The summed E-state index contributed by atoms with van der Waals surface area (Å²) in [7, 11) is 0. The zero-order valence-corrected chi connectivity index (χ0v) is 16.4. The molecule has 0 atom stereocenters. The number of halogens is 1. The topological polar surface area (TPSA) is 36.4 Å². The van der Waals surface area contributed by atoms with Crippen molar-refractivity contribution in [2.24, 2.45) is 0 Å². The van der Waals surface area contributed by atoms with Gasteiger partial charge in [-0.1, -0.05) is 12.1 Å². The van der Waals surface area contributed by atoms with Crippen LogP contribution in [-0.2, 0) is 0 Å². The van der Waals surface area contributed by atoms with Crippen LogP contribution >= 0.6 is 33.9 Å². The van der Waals surface area contributed by atoms with Gasteiger partial charge in [0.05, 0.1) is 11.3 Å². The van der Waals surface area contributed by atoms with Crippen LogP contribution in [0, 0.1) is 17.4 Å². The third-order valence-electron chi connectivity index (χ3n) is 4.08. The van der Waals surface area contributed by atoms with E-state index in [9.17, 15) is 4.79 Å². The molecule has 0 N–H and O–H groups in total. The van der Waals surface area contributed by atoms with E-state index in [0.29, 0.717) is 0 Å². The number of thiazole rings is 1. The van der Waals surface area contributed by atoms with Gasteiger partial charge in [0.25, 0.3) is 5.91 Å². The number of benzene rings is 1. The SMILES string of the molecule is Cc1csc(N2CCCN(C(=O)c3cccc(C)c3I)CC2)n1. The summed E-state index contributed by atoms with van der Waals surface area (Å²) < 4.78 is 1.06. The molecular formula is C17H20IN3OS. The molecule has 122 valence electrons. The van der Waals surface area contributed by atoms with E-state index in [2.05, 4.69) is 37.9 Å². The summed E-state index contributed by atoms with van der Waals surface area (Å²) in [4.78, 5) is 21.7. The number of carbonyl (C=O) groups is 1. The maximum atomic E-state index is 12.9. The highest BCUT2D eigenvalue weighted by atomic mass is 127. The molecule has 0 bridgehead atoms. The molecule has 2 heterocycles. The molecule has 3 rings (SSSR count). The van der Waals surface area contributed by atoms with Crippen molar-refractivity contribution < 1.29 is 4.79 Å². The van der Waals surface area contributed by atoms with Crippen LogP contribution in [0.2, 0.25) is 0 Å². The van der Waals surface area contributed by atoms with Gasteiger partial charge in [-0.2, -0.15) is 0 Å². The number of carbonyl (C=O) groups excluding carboxylic acids is 1. The van der Waals surface area contributed by atoms with Gasteiger partial charge < -0.3 is 9.80 Å². The second kappa shape index (κ2) is 7.17. The van der Waals surface area contributed by atoms with Gasteiger partial charge in [0.15, 0.2) is 5.13 Å². The van der Waals surface area contributed by atoms with Crippen LogP contribution in [0.25, 0.3) is 0 Å². The van der Waals surface area contributed by atoms with Crippen LogP contribution in [0.1, 0.15) is 28.0 Å². The number of amides is 1. The molecule has 0 unspecified atom stereocenters. The van der Waals surface area contributed by atoms with Crippen LogP contribution in [-0.4, -0.2) is 42.0 Å². The van der Waals surface area contributed by atoms with Gasteiger partial charge >= 0.3 is 0 Å². The third-order valence-corrected chi connectivity index (χ3v) is 6.53. The van der Waals surface area contributed by atoms with Gasteiger partial charge in [-0.25, -0.2) is 4.98 Å². The van der Waals surface area contributed by atoms with Crippen molar-refractivity contribution in [1.29, 1.82) is 0 Å². The van der Waals surface area contributed by atoms with Crippen molar-refractivity contribution >= 4 is 45.0 Å². The largest absolute Gasteiger partial charge is 0.346 e. The zero-order chi connectivity index (χ0) is 16.4. The lowest BCUT2D eigenvalue weighted by Gasteiger charge is -2.22. The number of anilines is 1. The van der Waals surface area contributed by atoms with E-state index in [4.69, 9.17) is 0 Å². The molecule has 4 nitrogen and oxygen atoms in total. The normalized spacial score (nSPS) is 15.6. The minimum Gasteiger partial charge on any atom is -0.346 e. The molecule has 1 aliphatic heterocycles. The average molecular weight is 441 g/mol. The number of rotatable bonds is 2. The molecule has 0 spiro atoms. The molecule has 0 radical (unpaired) electrons. The molecule has 1 amide bonds. The van der Waals surface area contributed by atoms with Crippen molar-refractivity contribution in [3.05, 3.63) is 44.0 Å². The molecule has 1 saturated heterocycles. The summed E-state index contributed by atoms with van der Waals surface area (Å²) in [5, 5.41) is 3.15. The Labute approximate surface area is 154 Å². The van der Waals surface area contributed by atoms with Crippen LogP contribution in [0.4, 0.5) is 5.13 Å². The Morgan fingerprint density at radius 1 is 1.22 bits per heavy atom. The van der Waals surface area contributed by atoms with Crippen LogP contribution in [0.5, 0.6) is 0 Å². The number of aryl methyl sites for hydroxylation is 2. The highest BCUT2D eigenvalue weighted by Gasteiger charge is 2.23. The van der Waals surface area contributed by atoms with Crippen LogP contribution in [0.15, 0.2) is 23.6 Å². The third kappa shape index (κ3) is 3.68. The standard InChI is InChI=1S/C17H20IN3OS/c1-12-5-3-6-14(15(12)18)16(22)20-7-4-8-21(10-9-20)17-19-13(2)11-23-17/h3,5-6,11H,4,7-10H2,1-2H3. The highest BCUT2D eigenvalue weighted by molar-refractivity contribution is 14.1. The van der Waals surface area contributed by atoms with E-state index < -0.39 is 0 Å². The van der Waals surface area contributed by atoms with Gasteiger partial charge in [-0.3, -0.25) is 4.79 Å². The number of nitrogens with zero attached hydrogens (tertiary/aromatic N) is 3. The van der Waals surface area contributed by atoms with Gasteiger partial charge in [0, 0.05) is 35.1 Å². The molecule has 2 aromatic rings. The first-order chi connectivity index (χ1) is 11.1.